The van der Waals surface area contributed by atoms with Gasteiger partial charge in [-0.2, -0.15) is 0 Å². The molecule has 2 N–H and O–H groups in total. The van der Waals surface area contributed by atoms with Crippen LogP contribution in [-0.4, -0.2) is 55.3 Å². The van der Waals surface area contributed by atoms with Crippen molar-refractivity contribution in [2.75, 3.05) is 43.6 Å². The molecule has 0 spiro atoms. The number of nitrogens with one attached hydrogen (secondary N) is 2. The molecule has 3 heterocycles. The first-order valence-corrected chi connectivity index (χ1v) is 15.0. The number of nitrogens with zero attached hydrogens (tertiary/aromatic N) is 3. The molecule has 1 aliphatic heterocycles. The van der Waals surface area contributed by atoms with Crippen molar-refractivity contribution < 1.29 is 27.8 Å². The first-order valence-electron chi connectivity index (χ1n) is 14.2. The molecule has 1 saturated heterocycles. The Morgan fingerprint density at radius 2 is 1.78 bits per heavy atom. The number of carbonyl (C=O) groups excluding carboxylic acids is 2. The minimum atomic E-state index is -0.699. The highest BCUT2D eigenvalue weighted by atomic mass is 32.1. The summed E-state index contributed by atoms with van der Waals surface area (Å²) in [7, 11) is 1.68. The molecule has 1 fully saturated rings. The summed E-state index contributed by atoms with van der Waals surface area (Å²) in [6.07, 6.45) is 1.61. The molecule has 0 unspecified atom stereocenters. The highest BCUT2D eigenvalue weighted by Gasteiger charge is 2.34. The van der Waals surface area contributed by atoms with Gasteiger partial charge in [0.2, 0.25) is 0 Å². The van der Waals surface area contributed by atoms with E-state index in [2.05, 4.69) is 39.9 Å². The normalized spacial score (nSPS) is 13.1. The quantitative estimate of drug-likeness (QED) is 0.158. The van der Waals surface area contributed by atoms with Gasteiger partial charge in [-0.25, -0.2) is 23.3 Å². The molecule has 1 aliphatic rings. The molecule has 0 saturated carbocycles. The van der Waals surface area contributed by atoms with Crippen molar-refractivity contribution in [1.82, 2.24) is 15.2 Å². The van der Waals surface area contributed by atoms with E-state index in [0.717, 1.165) is 50.3 Å². The standard InChI is InChI=1S/C33H29F2N5O4S/c1-43-17-14-36-20-21-2-4-22(5-3-21)30-19-27-31(45-30)29(12-13-37-27)44-28-11-8-24(18-26(28)35)38-32(41)40-16-15-39(33(40)42)25-9-6-23(34)7-10-25/h2-13,18-19,36H,14-17,20H2,1H3,(H,38,41). The lowest BCUT2D eigenvalue weighted by molar-refractivity contribution is 0.199. The summed E-state index contributed by atoms with van der Waals surface area (Å²) >= 11 is 1.50. The Morgan fingerprint density at radius 3 is 2.53 bits per heavy atom. The number of methoxy groups -OCH3 is 1. The molecular formula is C33H29F2N5O4S. The molecule has 45 heavy (non-hydrogen) atoms. The van der Waals surface area contributed by atoms with E-state index in [1.54, 1.807) is 19.4 Å². The van der Waals surface area contributed by atoms with Gasteiger partial charge in [0.15, 0.2) is 11.6 Å². The maximum absolute atomic E-state index is 15.2. The molecule has 0 bridgehead atoms. The third kappa shape index (κ3) is 6.78. The summed E-state index contributed by atoms with van der Waals surface area (Å²) in [5.74, 6) is -0.688. The third-order valence-corrected chi connectivity index (χ3v) is 8.41. The van der Waals surface area contributed by atoms with Crippen LogP contribution in [0.3, 0.4) is 0 Å². The number of imide groups is 1. The van der Waals surface area contributed by atoms with E-state index in [-0.39, 0.29) is 24.5 Å². The second kappa shape index (κ2) is 13.4. The number of rotatable bonds is 10. The summed E-state index contributed by atoms with van der Waals surface area (Å²) in [4.78, 5) is 33.5. The Balaban J connectivity index is 1.11. The van der Waals surface area contributed by atoms with Crippen molar-refractivity contribution in [1.29, 1.82) is 0 Å². The number of aromatic nitrogens is 1. The number of ether oxygens (including phenoxy) is 2. The zero-order valence-corrected chi connectivity index (χ0v) is 25.1. The fraction of sp³-hybridized carbons (Fsp3) is 0.182. The first kappa shape index (κ1) is 30.1. The van der Waals surface area contributed by atoms with Crippen molar-refractivity contribution in [2.45, 2.75) is 6.54 Å². The molecule has 12 heteroatoms. The van der Waals surface area contributed by atoms with Gasteiger partial charge in [-0.1, -0.05) is 24.3 Å². The number of fused-ring (bicyclic) bond motifs is 1. The van der Waals surface area contributed by atoms with Gasteiger partial charge in [0.1, 0.15) is 11.6 Å². The van der Waals surface area contributed by atoms with E-state index in [0.29, 0.717) is 18.0 Å². The van der Waals surface area contributed by atoms with Gasteiger partial charge in [-0.15, -0.1) is 11.3 Å². The summed E-state index contributed by atoms with van der Waals surface area (Å²) in [5, 5.41) is 5.89. The van der Waals surface area contributed by atoms with Gasteiger partial charge in [0, 0.05) is 61.3 Å². The summed E-state index contributed by atoms with van der Waals surface area (Å²) < 4.78 is 40.2. The average Bonchev–Trinajstić information content (AvgIpc) is 3.66. The highest BCUT2D eigenvalue weighted by molar-refractivity contribution is 7.22. The van der Waals surface area contributed by atoms with Crippen LogP contribution in [0.25, 0.3) is 20.7 Å². The number of benzene rings is 3. The molecule has 0 radical (unpaired) electrons. The van der Waals surface area contributed by atoms with Gasteiger partial charge >= 0.3 is 12.1 Å². The molecule has 5 aromatic rings. The maximum atomic E-state index is 15.2. The van der Waals surface area contributed by atoms with Crippen LogP contribution in [0.15, 0.2) is 85.1 Å². The van der Waals surface area contributed by atoms with Gasteiger partial charge in [0.25, 0.3) is 0 Å². The monoisotopic (exact) mass is 629 g/mol. The van der Waals surface area contributed by atoms with Crippen LogP contribution in [-0.2, 0) is 11.3 Å². The van der Waals surface area contributed by atoms with Crippen molar-refractivity contribution in [2.24, 2.45) is 0 Å². The molecule has 2 aromatic heterocycles. The summed E-state index contributed by atoms with van der Waals surface area (Å²) in [5.41, 5.74) is 3.56. The van der Waals surface area contributed by atoms with E-state index < -0.39 is 23.7 Å². The van der Waals surface area contributed by atoms with E-state index in [9.17, 15) is 14.0 Å². The number of halogens is 2. The Bertz CT molecular complexity index is 1830. The number of thiophene rings is 1. The molecule has 6 rings (SSSR count). The number of anilines is 2. The highest BCUT2D eigenvalue weighted by Crippen LogP contribution is 2.40. The zero-order valence-electron chi connectivity index (χ0n) is 24.3. The van der Waals surface area contributed by atoms with Crippen LogP contribution in [0, 0.1) is 11.6 Å². The number of amides is 4. The van der Waals surface area contributed by atoms with Crippen LogP contribution >= 0.6 is 11.3 Å². The van der Waals surface area contributed by atoms with E-state index >= 15 is 4.39 Å². The first-order chi connectivity index (χ1) is 21.9. The van der Waals surface area contributed by atoms with E-state index in [1.165, 1.54) is 52.6 Å². The third-order valence-electron chi connectivity index (χ3n) is 7.22. The number of hydrogen-bond acceptors (Lipinski definition) is 7. The van der Waals surface area contributed by atoms with Gasteiger partial charge in [0.05, 0.1) is 23.4 Å². The summed E-state index contributed by atoms with van der Waals surface area (Å²) in [6.45, 7) is 2.56. The van der Waals surface area contributed by atoms with Crippen LogP contribution in [0.1, 0.15) is 5.56 Å². The number of pyridine rings is 1. The Labute approximate surface area is 262 Å². The minimum Gasteiger partial charge on any atom is -0.453 e. The number of urea groups is 2. The predicted octanol–water partition coefficient (Wildman–Crippen LogP) is 7.24. The molecule has 3 aromatic carbocycles. The van der Waals surface area contributed by atoms with Crippen LogP contribution in [0.4, 0.5) is 29.7 Å². The van der Waals surface area contributed by atoms with Crippen molar-refractivity contribution in [3.05, 3.63) is 102 Å². The second-order valence-corrected chi connectivity index (χ2v) is 11.3. The molecular weight excluding hydrogens is 600 g/mol. The molecule has 4 amide bonds. The smallest absolute Gasteiger partial charge is 0.332 e. The van der Waals surface area contributed by atoms with Crippen molar-refractivity contribution in [3.63, 3.8) is 0 Å². The number of carbonyl (C=O) groups is 2. The topological polar surface area (TPSA) is 96.0 Å². The van der Waals surface area contributed by atoms with Crippen molar-refractivity contribution >= 4 is 45.0 Å². The Hall–Kier alpha value is -4.91. The zero-order chi connectivity index (χ0) is 31.3. The lowest BCUT2D eigenvalue weighted by atomic mass is 10.1. The Kier molecular flexibility index (Phi) is 8.96. The van der Waals surface area contributed by atoms with Crippen LogP contribution in [0.5, 0.6) is 11.5 Å². The summed E-state index contributed by atoms with van der Waals surface area (Å²) in [6, 6.07) is 20.1. The molecule has 0 aliphatic carbocycles. The van der Waals surface area contributed by atoms with Crippen LogP contribution in [0.2, 0.25) is 0 Å². The predicted molar refractivity (Wildman–Crippen MR) is 170 cm³/mol. The second-order valence-electron chi connectivity index (χ2n) is 10.2. The molecule has 0 atom stereocenters. The van der Waals surface area contributed by atoms with Gasteiger partial charge < -0.3 is 20.1 Å². The SMILES string of the molecule is COCCNCc1ccc(-c2cc3nccc(Oc4ccc(NC(=O)N5CCN(c6ccc(F)cc6)C5=O)cc4F)c3s2)cc1. The van der Waals surface area contributed by atoms with E-state index in [4.69, 9.17) is 9.47 Å². The number of hydrogen-bond donors (Lipinski definition) is 2. The lowest BCUT2D eigenvalue weighted by Gasteiger charge is -2.18. The fourth-order valence-corrected chi connectivity index (χ4v) is 5.96. The average molecular weight is 630 g/mol. The van der Waals surface area contributed by atoms with Gasteiger partial charge in [-0.05, 0) is 53.6 Å². The molecule has 9 nitrogen and oxygen atoms in total. The minimum absolute atomic E-state index is 0.0273. The Morgan fingerprint density at radius 1 is 0.978 bits per heavy atom. The molecule has 230 valence electrons. The largest absolute Gasteiger partial charge is 0.453 e. The van der Waals surface area contributed by atoms with Crippen LogP contribution < -0.4 is 20.3 Å². The lowest BCUT2D eigenvalue weighted by Crippen LogP contribution is -2.39. The van der Waals surface area contributed by atoms with Gasteiger partial charge in [-0.3, -0.25) is 9.88 Å². The van der Waals surface area contributed by atoms with Crippen molar-refractivity contribution in [3.8, 4) is 21.9 Å². The van der Waals surface area contributed by atoms with E-state index in [1.807, 2.05) is 6.07 Å². The maximum Gasteiger partial charge on any atom is 0.332 e. The fourth-order valence-electron chi connectivity index (χ4n) is 4.89.